The molecular weight excluding hydrogens is 258 g/mol. The maximum absolute atomic E-state index is 11.5. The molecule has 18 heavy (non-hydrogen) atoms. The average Bonchev–Trinajstić information content (AvgIpc) is 2.27. The van der Waals surface area contributed by atoms with Gasteiger partial charge in [-0.1, -0.05) is 18.2 Å². The summed E-state index contributed by atoms with van der Waals surface area (Å²) < 4.78 is 29.0. The summed E-state index contributed by atoms with van der Waals surface area (Å²) in [7, 11) is -2.11. The molecule has 7 heteroatoms. The molecule has 0 unspecified atom stereocenters. The standard InChI is InChI=1S/C11H15NO5S/c1-17-10-6-4-3-5-9(10)7-12(8-11(13)14)18(2,15)16/h3-6H,7-8H2,1-2H3,(H,13,14). The van der Waals surface area contributed by atoms with Crippen LogP contribution in [0.25, 0.3) is 0 Å². The molecule has 0 fully saturated rings. The lowest BCUT2D eigenvalue weighted by Gasteiger charge is -2.19. The molecule has 0 amide bonds. The maximum Gasteiger partial charge on any atom is 0.318 e. The smallest absolute Gasteiger partial charge is 0.318 e. The number of carbonyl (C=O) groups is 1. The molecule has 0 radical (unpaired) electrons. The zero-order chi connectivity index (χ0) is 13.8. The Balaban J connectivity index is 3.00. The Morgan fingerprint density at radius 3 is 2.50 bits per heavy atom. The van der Waals surface area contributed by atoms with Crippen molar-refractivity contribution in [3.63, 3.8) is 0 Å². The second-order valence-electron chi connectivity index (χ2n) is 3.74. The van der Waals surface area contributed by atoms with Gasteiger partial charge in [0.2, 0.25) is 10.0 Å². The van der Waals surface area contributed by atoms with Gasteiger partial charge in [-0.25, -0.2) is 8.42 Å². The van der Waals surface area contributed by atoms with Crippen molar-refractivity contribution in [2.24, 2.45) is 0 Å². The number of nitrogens with zero attached hydrogens (tertiary/aromatic N) is 1. The Morgan fingerprint density at radius 1 is 1.39 bits per heavy atom. The van der Waals surface area contributed by atoms with Crippen molar-refractivity contribution >= 4 is 16.0 Å². The first kappa shape index (κ1) is 14.5. The van der Waals surface area contributed by atoms with Crippen molar-refractivity contribution in [3.8, 4) is 5.75 Å². The molecule has 0 saturated carbocycles. The third kappa shape index (κ3) is 4.01. The number of hydrogen-bond donors (Lipinski definition) is 1. The molecule has 0 heterocycles. The van der Waals surface area contributed by atoms with Gasteiger partial charge >= 0.3 is 5.97 Å². The summed E-state index contributed by atoms with van der Waals surface area (Å²) in [5, 5.41) is 8.71. The molecule has 1 rings (SSSR count). The quantitative estimate of drug-likeness (QED) is 0.818. The van der Waals surface area contributed by atoms with E-state index >= 15 is 0 Å². The number of para-hydroxylation sites is 1. The number of hydrogen-bond acceptors (Lipinski definition) is 4. The van der Waals surface area contributed by atoms with E-state index in [-0.39, 0.29) is 6.54 Å². The van der Waals surface area contributed by atoms with Gasteiger partial charge in [-0.3, -0.25) is 4.79 Å². The van der Waals surface area contributed by atoms with Crippen molar-refractivity contribution in [3.05, 3.63) is 29.8 Å². The van der Waals surface area contributed by atoms with E-state index in [0.717, 1.165) is 10.6 Å². The number of sulfonamides is 1. The van der Waals surface area contributed by atoms with Gasteiger partial charge in [0.1, 0.15) is 12.3 Å². The van der Waals surface area contributed by atoms with Crippen molar-refractivity contribution in [2.45, 2.75) is 6.54 Å². The molecule has 0 aliphatic rings. The highest BCUT2D eigenvalue weighted by molar-refractivity contribution is 7.88. The Bertz CT molecular complexity index is 526. The maximum atomic E-state index is 11.5. The predicted molar refractivity (Wildman–Crippen MR) is 65.9 cm³/mol. The van der Waals surface area contributed by atoms with E-state index in [1.807, 2.05) is 0 Å². The fourth-order valence-electron chi connectivity index (χ4n) is 1.46. The molecule has 0 aromatic heterocycles. The van der Waals surface area contributed by atoms with Crippen LogP contribution in [0, 0.1) is 0 Å². The van der Waals surface area contributed by atoms with E-state index in [9.17, 15) is 13.2 Å². The topological polar surface area (TPSA) is 83.9 Å². The first-order chi connectivity index (χ1) is 8.34. The van der Waals surface area contributed by atoms with Crippen LogP contribution in [0.4, 0.5) is 0 Å². The van der Waals surface area contributed by atoms with Gasteiger partial charge < -0.3 is 9.84 Å². The van der Waals surface area contributed by atoms with E-state index in [2.05, 4.69) is 0 Å². The molecule has 0 atom stereocenters. The van der Waals surface area contributed by atoms with Crippen LogP contribution in [0.15, 0.2) is 24.3 Å². The van der Waals surface area contributed by atoms with E-state index in [0.29, 0.717) is 11.3 Å². The lowest BCUT2D eigenvalue weighted by atomic mass is 10.2. The normalized spacial score (nSPS) is 11.5. The van der Waals surface area contributed by atoms with Crippen LogP contribution in [0.3, 0.4) is 0 Å². The fourth-order valence-corrected chi connectivity index (χ4v) is 2.18. The van der Waals surface area contributed by atoms with Gasteiger partial charge in [0.05, 0.1) is 13.4 Å². The minimum atomic E-state index is -3.59. The minimum Gasteiger partial charge on any atom is -0.496 e. The predicted octanol–water partition coefficient (Wildman–Crippen LogP) is 0.541. The van der Waals surface area contributed by atoms with Gasteiger partial charge in [0.15, 0.2) is 0 Å². The number of ether oxygens (including phenoxy) is 1. The van der Waals surface area contributed by atoms with Crippen LogP contribution in [-0.2, 0) is 21.4 Å². The van der Waals surface area contributed by atoms with Gasteiger partial charge in [0.25, 0.3) is 0 Å². The Kier molecular flexibility index (Phi) is 4.69. The van der Waals surface area contributed by atoms with Crippen molar-refractivity contribution < 1.29 is 23.1 Å². The lowest BCUT2D eigenvalue weighted by Crippen LogP contribution is -2.34. The van der Waals surface area contributed by atoms with Gasteiger partial charge in [-0.2, -0.15) is 4.31 Å². The molecule has 0 aliphatic heterocycles. The zero-order valence-corrected chi connectivity index (χ0v) is 11.0. The van der Waals surface area contributed by atoms with E-state index < -0.39 is 22.5 Å². The first-order valence-corrected chi connectivity index (χ1v) is 6.98. The molecule has 6 nitrogen and oxygen atoms in total. The first-order valence-electron chi connectivity index (χ1n) is 5.13. The van der Waals surface area contributed by atoms with Gasteiger partial charge in [-0.05, 0) is 6.07 Å². The van der Waals surface area contributed by atoms with Gasteiger partial charge in [0, 0.05) is 12.1 Å². The summed E-state index contributed by atoms with van der Waals surface area (Å²) in [6.07, 6.45) is 0.978. The van der Waals surface area contributed by atoms with Crippen LogP contribution < -0.4 is 4.74 Å². The van der Waals surface area contributed by atoms with Crippen molar-refractivity contribution in [1.29, 1.82) is 0 Å². The van der Waals surface area contributed by atoms with Crippen LogP contribution in [0.1, 0.15) is 5.56 Å². The second-order valence-corrected chi connectivity index (χ2v) is 5.72. The molecule has 0 bridgehead atoms. The number of carboxylic acids is 1. The number of aliphatic carboxylic acids is 1. The van der Waals surface area contributed by atoms with Gasteiger partial charge in [-0.15, -0.1) is 0 Å². The summed E-state index contributed by atoms with van der Waals surface area (Å²) in [6.45, 7) is -0.605. The van der Waals surface area contributed by atoms with Crippen LogP contribution in [0.2, 0.25) is 0 Å². The van der Waals surface area contributed by atoms with E-state index in [4.69, 9.17) is 9.84 Å². The average molecular weight is 273 g/mol. The van der Waals surface area contributed by atoms with E-state index in [1.165, 1.54) is 7.11 Å². The Labute approximate surface area is 106 Å². The van der Waals surface area contributed by atoms with Crippen molar-refractivity contribution in [1.82, 2.24) is 4.31 Å². The summed E-state index contributed by atoms with van der Waals surface area (Å²) in [5.74, 6) is -0.674. The number of benzene rings is 1. The third-order valence-corrected chi connectivity index (χ3v) is 3.52. The Morgan fingerprint density at radius 2 is 2.00 bits per heavy atom. The summed E-state index contributed by atoms with van der Waals surface area (Å²) in [5.41, 5.74) is 0.617. The molecule has 0 aliphatic carbocycles. The minimum absolute atomic E-state index is 0.0326. The molecule has 1 N–H and O–H groups in total. The number of rotatable bonds is 6. The zero-order valence-electron chi connectivity index (χ0n) is 10.2. The summed E-state index contributed by atoms with van der Waals surface area (Å²) in [6, 6.07) is 6.87. The third-order valence-electron chi connectivity index (χ3n) is 2.32. The molecule has 1 aromatic rings. The largest absolute Gasteiger partial charge is 0.496 e. The highest BCUT2D eigenvalue weighted by Crippen LogP contribution is 2.20. The fraction of sp³-hybridized carbons (Fsp3) is 0.364. The van der Waals surface area contributed by atoms with Crippen LogP contribution >= 0.6 is 0 Å². The second kappa shape index (κ2) is 5.83. The van der Waals surface area contributed by atoms with E-state index in [1.54, 1.807) is 24.3 Å². The number of carboxylic acid groups (broad SMARTS) is 1. The SMILES string of the molecule is COc1ccccc1CN(CC(=O)O)S(C)(=O)=O. The van der Waals surface area contributed by atoms with Crippen LogP contribution in [-0.4, -0.2) is 43.7 Å². The van der Waals surface area contributed by atoms with Crippen molar-refractivity contribution in [2.75, 3.05) is 19.9 Å². The highest BCUT2D eigenvalue weighted by atomic mass is 32.2. The lowest BCUT2D eigenvalue weighted by molar-refractivity contribution is -0.137. The monoisotopic (exact) mass is 273 g/mol. The molecule has 1 aromatic carbocycles. The Hall–Kier alpha value is -1.60. The highest BCUT2D eigenvalue weighted by Gasteiger charge is 2.21. The molecule has 100 valence electrons. The number of methoxy groups -OCH3 is 1. The van der Waals surface area contributed by atoms with Crippen LogP contribution in [0.5, 0.6) is 5.75 Å². The summed E-state index contributed by atoms with van der Waals surface area (Å²) in [4.78, 5) is 10.7. The molecular formula is C11H15NO5S. The molecule has 0 saturated heterocycles. The summed E-state index contributed by atoms with van der Waals surface area (Å²) >= 11 is 0. The molecule has 0 spiro atoms.